The molecule has 6 heteroatoms. The first-order valence-electron chi connectivity index (χ1n) is 19.0. The van der Waals surface area contributed by atoms with Crippen LogP contribution in [-0.2, 0) is 21.1 Å². The summed E-state index contributed by atoms with van der Waals surface area (Å²) in [6.07, 6.45) is 4.06. The van der Waals surface area contributed by atoms with Gasteiger partial charge in [0.15, 0.2) is 17.4 Å². The van der Waals surface area contributed by atoms with E-state index in [1.165, 1.54) is 16.6 Å². The van der Waals surface area contributed by atoms with Crippen molar-refractivity contribution in [3.63, 3.8) is 0 Å². The summed E-state index contributed by atoms with van der Waals surface area (Å²) >= 11 is 0. The molecule has 3 aromatic heterocycles. The van der Waals surface area contributed by atoms with Crippen LogP contribution in [-0.4, -0.2) is 18.7 Å². The van der Waals surface area contributed by atoms with E-state index in [0.717, 1.165) is 61.1 Å². The van der Waals surface area contributed by atoms with Crippen LogP contribution >= 0.6 is 0 Å². The van der Waals surface area contributed by atoms with E-state index in [-0.39, 0.29) is 21.1 Å². The fraction of sp³-hybridized carbons (Fsp3) is 0.0588. The van der Waals surface area contributed by atoms with Crippen LogP contribution < -0.4 is 4.74 Å². The minimum atomic E-state index is 0. The molecule has 0 fully saturated rings. The molecule has 0 aliphatic heterocycles. The van der Waals surface area contributed by atoms with E-state index in [0.29, 0.717) is 17.5 Å². The summed E-state index contributed by atoms with van der Waals surface area (Å²) in [4.78, 5) is 5.00. The Balaban J connectivity index is 0.00000422. The van der Waals surface area contributed by atoms with Gasteiger partial charge < -0.3 is 9.30 Å². The number of ether oxygens (including phenoxy) is 1. The Hall–Kier alpha value is -6.55. The van der Waals surface area contributed by atoms with Crippen LogP contribution in [0.25, 0.3) is 77.7 Å². The largest absolute Gasteiger partial charge is 0.508 e. The van der Waals surface area contributed by atoms with Gasteiger partial charge in [0.1, 0.15) is 5.82 Å². The number of aromatic nitrogens is 4. The number of benzene rings is 7. The summed E-state index contributed by atoms with van der Waals surface area (Å²) in [7, 11) is 0. The predicted octanol–water partition coefficient (Wildman–Crippen LogP) is 13.2. The van der Waals surface area contributed by atoms with Crippen LogP contribution in [0.1, 0.15) is 19.9 Å². The molecule has 0 aliphatic carbocycles. The molecule has 0 N–H and O–H groups in total. The smallest absolute Gasteiger partial charge is 0.188 e. The zero-order valence-corrected chi connectivity index (χ0v) is 33.7. The zero-order valence-electron chi connectivity index (χ0n) is 31.4. The van der Waals surface area contributed by atoms with E-state index >= 15 is 0 Å². The average Bonchev–Trinajstić information content (AvgIpc) is 3.81. The summed E-state index contributed by atoms with van der Waals surface area (Å²) in [6.45, 7) is 4.39. The van der Waals surface area contributed by atoms with Gasteiger partial charge in [0.2, 0.25) is 0 Å². The van der Waals surface area contributed by atoms with Crippen molar-refractivity contribution in [2.75, 3.05) is 0 Å². The van der Waals surface area contributed by atoms with Crippen molar-refractivity contribution in [2.24, 2.45) is 0 Å². The topological polar surface area (TPSA) is 36.9 Å². The number of para-hydroxylation sites is 3. The van der Waals surface area contributed by atoms with Gasteiger partial charge in [-0.3, -0.25) is 0 Å². The van der Waals surface area contributed by atoms with Crippen molar-refractivity contribution in [1.29, 1.82) is 0 Å². The third-order valence-electron chi connectivity index (χ3n) is 10.5. The van der Waals surface area contributed by atoms with Gasteiger partial charge in [0.05, 0.1) is 6.04 Å². The molecule has 7 aromatic carbocycles. The predicted molar refractivity (Wildman–Crippen MR) is 229 cm³/mol. The van der Waals surface area contributed by atoms with Gasteiger partial charge in [-0.15, -0.1) is 29.7 Å². The number of imidazole rings is 1. The van der Waals surface area contributed by atoms with E-state index in [1.54, 1.807) is 0 Å². The minimum Gasteiger partial charge on any atom is -0.508 e. The van der Waals surface area contributed by atoms with Gasteiger partial charge >= 0.3 is 0 Å². The van der Waals surface area contributed by atoms with Gasteiger partial charge in [-0.1, -0.05) is 109 Å². The third kappa shape index (κ3) is 6.54. The summed E-state index contributed by atoms with van der Waals surface area (Å²) in [5, 5.41) is 2.20. The van der Waals surface area contributed by atoms with Crippen molar-refractivity contribution in [3.05, 3.63) is 195 Å². The molecule has 0 atom stereocenters. The molecule has 0 unspecified atom stereocenters. The minimum absolute atomic E-state index is 0. The summed E-state index contributed by atoms with van der Waals surface area (Å²) < 4.78 is 13.2. The normalized spacial score (nSPS) is 11.4. The Labute approximate surface area is 346 Å². The number of pyridine rings is 1. The summed E-state index contributed by atoms with van der Waals surface area (Å²) in [5.74, 6) is 2.01. The second kappa shape index (κ2) is 15.2. The van der Waals surface area contributed by atoms with Gasteiger partial charge in [-0.2, -0.15) is 12.1 Å². The quantitative estimate of drug-likeness (QED) is 0.142. The van der Waals surface area contributed by atoms with Crippen LogP contribution in [0.3, 0.4) is 0 Å². The molecular formula is C51H37N4OPt-. The Bertz CT molecular complexity index is 2980. The first-order valence-corrected chi connectivity index (χ1v) is 19.0. The number of rotatable bonds is 8. The fourth-order valence-corrected chi connectivity index (χ4v) is 7.94. The van der Waals surface area contributed by atoms with E-state index < -0.39 is 0 Å². The van der Waals surface area contributed by atoms with Crippen molar-refractivity contribution in [3.8, 4) is 56.4 Å². The van der Waals surface area contributed by atoms with E-state index in [2.05, 4.69) is 198 Å². The Morgan fingerprint density at radius 1 is 0.561 bits per heavy atom. The van der Waals surface area contributed by atoms with Gasteiger partial charge in [-0.25, -0.2) is 14.1 Å². The maximum atomic E-state index is 6.56. The molecule has 10 aromatic rings. The number of nitrogens with zero attached hydrogens (tertiary/aromatic N) is 4. The molecule has 5 nitrogen and oxygen atoms in total. The second-order valence-electron chi connectivity index (χ2n) is 14.3. The molecule has 0 saturated carbocycles. The first kappa shape index (κ1) is 36.1. The number of hydrogen-bond acceptors (Lipinski definition) is 2. The van der Waals surface area contributed by atoms with E-state index in [9.17, 15) is 0 Å². The molecule has 0 amide bonds. The average molecular weight is 917 g/mol. The number of fused-ring (bicyclic) bond motifs is 4. The number of hydrogen-bond donors (Lipinski definition) is 0. The van der Waals surface area contributed by atoms with Gasteiger partial charge in [0, 0.05) is 62.1 Å². The Morgan fingerprint density at radius 2 is 1.19 bits per heavy atom. The summed E-state index contributed by atoms with van der Waals surface area (Å²) in [5.41, 5.74) is 12.0. The van der Waals surface area contributed by atoms with Crippen molar-refractivity contribution < 1.29 is 25.8 Å². The molecule has 57 heavy (non-hydrogen) atoms. The molecule has 10 rings (SSSR count). The van der Waals surface area contributed by atoms with Crippen molar-refractivity contribution >= 4 is 32.8 Å². The van der Waals surface area contributed by atoms with Crippen molar-refractivity contribution in [1.82, 2.24) is 18.7 Å². The molecular weight excluding hydrogens is 880 g/mol. The Morgan fingerprint density at radius 3 is 1.91 bits per heavy atom. The van der Waals surface area contributed by atoms with Crippen LogP contribution in [0.5, 0.6) is 11.5 Å². The van der Waals surface area contributed by atoms with Crippen LogP contribution in [0.15, 0.2) is 182 Å². The third-order valence-corrected chi connectivity index (χ3v) is 10.5. The molecule has 0 saturated heterocycles. The molecule has 0 radical (unpaired) electrons. The molecule has 0 bridgehead atoms. The maximum Gasteiger partial charge on any atom is 0.188 e. The fourth-order valence-electron chi connectivity index (χ4n) is 7.94. The standard InChI is InChI=1S/C51H37N4O.Pt/c1-35(2)53-34-54(48-26-12-11-25-47(48)53)39-19-13-20-40(32-39)56-41-27-28-45-44-21-9-10-24-46(44)55(49(45)33-41)50-31-38(29-30-52-50)51-42(36-15-5-3-6-16-36)22-14-23-43(51)37-17-7-4-8-18-37;/h3-31,34-35H,1-2H3;/q-1;. The molecule has 278 valence electrons. The summed E-state index contributed by atoms with van der Waals surface area (Å²) in [6, 6.07) is 66.6. The van der Waals surface area contributed by atoms with Crippen LogP contribution in [0, 0.1) is 12.1 Å². The van der Waals surface area contributed by atoms with Gasteiger partial charge in [0.25, 0.3) is 0 Å². The second-order valence-corrected chi connectivity index (χ2v) is 14.3. The Kier molecular flexibility index (Phi) is 9.61. The van der Waals surface area contributed by atoms with Crippen LogP contribution in [0.2, 0.25) is 0 Å². The van der Waals surface area contributed by atoms with Gasteiger partial charge in [-0.05, 0) is 82.9 Å². The first-order chi connectivity index (χ1) is 27.6. The van der Waals surface area contributed by atoms with E-state index in [1.807, 2.05) is 24.4 Å². The van der Waals surface area contributed by atoms with Crippen LogP contribution in [0.4, 0.5) is 0 Å². The monoisotopic (exact) mass is 916 g/mol. The SMILES string of the molecule is CC(C)n1[cH+]n(-c2[c-]c(Oc3[c-]c4c(cc3)c3ccccc3n4-c3cc(-c4c(-c5ccccc5)cccc4-c4ccccc4)ccn3)ccc2)c2ccccc21.[Pt]. The molecule has 3 heterocycles. The van der Waals surface area contributed by atoms with Crippen molar-refractivity contribution in [2.45, 2.75) is 19.9 Å². The zero-order chi connectivity index (χ0) is 37.6. The molecule has 0 aliphatic rings. The van der Waals surface area contributed by atoms with E-state index in [4.69, 9.17) is 9.72 Å². The maximum absolute atomic E-state index is 6.56. The molecule has 0 spiro atoms.